The first-order valence-corrected chi connectivity index (χ1v) is 11.6. The Kier molecular flexibility index (Phi) is 6.93. The van der Waals surface area contributed by atoms with E-state index >= 15 is 0 Å². The highest BCUT2D eigenvalue weighted by molar-refractivity contribution is 9.11. The number of benzene rings is 2. The summed E-state index contributed by atoms with van der Waals surface area (Å²) in [6.45, 7) is 3.90. The number of amides is 1. The third-order valence-corrected chi connectivity index (χ3v) is 6.63. The first kappa shape index (κ1) is 21.6. The summed E-state index contributed by atoms with van der Waals surface area (Å²) in [5, 5.41) is 1.69. The molecular formula is C22H20Br2ClN3O2. The summed E-state index contributed by atoms with van der Waals surface area (Å²) < 4.78 is 7.60. The standard InChI is InChI=1S/C22H20Br2ClN3O2/c23-18-12-19(24)22(21-17(18)2-1-7-26-21)30-14-20(29)28-10-8-27(9-11-28)13-15-3-5-16(25)6-4-15/h1-7,12H,8-11,13-14H2. The smallest absolute Gasteiger partial charge is 0.260 e. The summed E-state index contributed by atoms with van der Waals surface area (Å²) in [5.41, 5.74) is 1.95. The fourth-order valence-electron chi connectivity index (χ4n) is 3.51. The lowest BCUT2D eigenvalue weighted by molar-refractivity contribution is -0.135. The monoisotopic (exact) mass is 551 g/mol. The van der Waals surface area contributed by atoms with Gasteiger partial charge in [0.2, 0.25) is 0 Å². The van der Waals surface area contributed by atoms with Gasteiger partial charge < -0.3 is 9.64 Å². The van der Waals surface area contributed by atoms with Gasteiger partial charge in [0.15, 0.2) is 12.4 Å². The minimum Gasteiger partial charge on any atom is -0.480 e. The number of piperazine rings is 1. The molecule has 0 radical (unpaired) electrons. The molecule has 4 rings (SSSR count). The van der Waals surface area contributed by atoms with E-state index in [-0.39, 0.29) is 12.5 Å². The second-order valence-electron chi connectivity index (χ2n) is 7.14. The molecule has 2 aromatic carbocycles. The lowest BCUT2D eigenvalue weighted by Crippen LogP contribution is -2.49. The Morgan fingerprint density at radius 1 is 1.07 bits per heavy atom. The molecule has 2 heterocycles. The average Bonchev–Trinajstić information content (AvgIpc) is 2.75. The molecule has 5 nitrogen and oxygen atoms in total. The van der Waals surface area contributed by atoms with Crippen LogP contribution in [0.15, 0.2) is 57.6 Å². The zero-order chi connectivity index (χ0) is 21.1. The molecule has 1 aliphatic rings. The number of pyridine rings is 1. The summed E-state index contributed by atoms with van der Waals surface area (Å²) in [6.07, 6.45) is 1.72. The van der Waals surface area contributed by atoms with E-state index < -0.39 is 0 Å². The van der Waals surface area contributed by atoms with Crippen LogP contribution in [0.3, 0.4) is 0 Å². The van der Waals surface area contributed by atoms with Gasteiger partial charge in [-0.05, 0) is 45.8 Å². The fourth-order valence-corrected chi connectivity index (χ4v) is 5.03. The molecule has 1 saturated heterocycles. The number of carbonyl (C=O) groups is 1. The van der Waals surface area contributed by atoms with Gasteiger partial charge in [-0.1, -0.05) is 45.7 Å². The van der Waals surface area contributed by atoms with Crippen molar-refractivity contribution >= 4 is 60.3 Å². The summed E-state index contributed by atoms with van der Waals surface area (Å²) in [4.78, 5) is 21.3. The van der Waals surface area contributed by atoms with Crippen LogP contribution in [0.25, 0.3) is 10.9 Å². The number of hydrogen-bond donors (Lipinski definition) is 0. The molecule has 0 aliphatic carbocycles. The first-order chi connectivity index (χ1) is 14.5. The van der Waals surface area contributed by atoms with Crippen LogP contribution in [0.2, 0.25) is 5.02 Å². The number of hydrogen-bond acceptors (Lipinski definition) is 4. The van der Waals surface area contributed by atoms with Gasteiger partial charge in [-0.25, -0.2) is 0 Å². The molecule has 1 aromatic heterocycles. The molecule has 1 fully saturated rings. The molecule has 1 aliphatic heterocycles. The Morgan fingerprint density at radius 2 is 1.80 bits per heavy atom. The van der Waals surface area contributed by atoms with Gasteiger partial charge in [0, 0.05) is 53.8 Å². The van der Waals surface area contributed by atoms with E-state index in [1.807, 2.05) is 47.4 Å². The number of aromatic nitrogens is 1. The van der Waals surface area contributed by atoms with E-state index in [1.165, 1.54) is 5.56 Å². The Labute approximate surface area is 197 Å². The number of carbonyl (C=O) groups excluding carboxylic acids is 1. The zero-order valence-corrected chi connectivity index (χ0v) is 20.1. The topological polar surface area (TPSA) is 45.7 Å². The van der Waals surface area contributed by atoms with Gasteiger partial charge in [0.05, 0.1) is 4.47 Å². The Balaban J connectivity index is 1.34. The molecule has 3 aromatic rings. The van der Waals surface area contributed by atoms with Crippen molar-refractivity contribution in [1.29, 1.82) is 0 Å². The SMILES string of the molecule is O=C(COc1c(Br)cc(Br)c2cccnc12)N1CCN(Cc2ccc(Cl)cc2)CC1. The van der Waals surface area contributed by atoms with Gasteiger partial charge in [0.1, 0.15) is 5.52 Å². The van der Waals surface area contributed by atoms with Crippen molar-refractivity contribution in [2.75, 3.05) is 32.8 Å². The van der Waals surface area contributed by atoms with Crippen LogP contribution in [-0.2, 0) is 11.3 Å². The van der Waals surface area contributed by atoms with E-state index in [2.05, 4.69) is 41.7 Å². The third-order valence-electron chi connectivity index (χ3n) is 5.13. The molecule has 1 amide bonds. The maximum Gasteiger partial charge on any atom is 0.260 e. The predicted molar refractivity (Wildman–Crippen MR) is 126 cm³/mol. The summed E-state index contributed by atoms with van der Waals surface area (Å²) in [6, 6.07) is 13.7. The predicted octanol–water partition coefficient (Wildman–Crippen LogP) is 5.14. The van der Waals surface area contributed by atoms with E-state index in [0.717, 1.165) is 44.5 Å². The summed E-state index contributed by atoms with van der Waals surface area (Å²) >= 11 is 13.0. The van der Waals surface area contributed by atoms with Crippen molar-refractivity contribution in [3.8, 4) is 5.75 Å². The molecule has 156 valence electrons. The van der Waals surface area contributed by atoms with Gasteiger partial charge in [-0.2, -0.15) is 0 Å². The molecular weight excluding hydrogens is 534 g/mol. The van der Waals surface area contributed by atoms with Crippen LogP contribution in [0, 0.1) is 0 Å². The lowest BCUT2D eigenvalue weighted by Gasteiger charge is -2.34. The molecule has 0 saturated carbocycles. The second kappa shape index (κ2) is 9.64. The highest BCUT2D eigenvalue weighted by Gasteiger charge is 2.22. The van der Waals surface area contributed by atoms with Crippen molar-refractivity contribution in [2.45, 2.75) is 6.54 Å². The number of fused-ring (bicyclic) bond motifs is 1. The van der Waals surface area contributed by atoms with Crippen LogP contribution in [0.1, 0.15) is 5.56 Å². The summed E-state index contributed by atoms with van der Waals surface area (Å²) in [5.74, 6) is 0.573. The largest absolute Gasteiger partial charge is 0.480 e. The van der Waals surface area contributed by atoms with E-state index in [9.17, 15) is 4.79 Å². The first-order valence-electron chi connectivity index (χ1n) is 9.61. The van der Waals surface area contributed by atoms with Crippen LogP contribution >= 0.6 is 43.5 Å². The van der Waals surface area contributed by atoms with Gasteiger partial charge in [-0.15, -0.1) is 0 Å². The number of halogens is 3. The third kappa shape index (κ3) is 4.97. The van der Waals surface area contributed by atoms with Crippen molar-refractivity contribution < 1.29 is 9.53 Å². The lowest BCUT2D eigenvalue weighted by atomic mass is 10.2. The Morgan fingerprint density at radius 3 is 2.53 bits per heavy atom. The van der Waals surface area contributed by atoms with Gasteiger partial charge >= 0.3 is 0 Å². The molecule has 0 N–H and O–H groups in total. The van der Waals surface area contributed by atoms with Crippen molar-refractivity contribution in [3.63, 3.8) is 0 Å². The maximum absolute atomic E-state index is 12.7. The number of nitrogens with zero attached hydrogens (tertiary/aromatic N) is 3. The molecule has 30 heavy (non-hydrogen) atoms. The quantitative estimate of drug-likeness (QED) is 0.439. The van der Waals surface area contributed by atoms with E-state index in [4.69, 9.17) is 16.3 Å². The minimum atomic E-state index is -0.0138. The van der Waals surface area contributed by atoms with Crippen molar-refractivity contribution in [2.24, 2.45) is 0 Å². The van der Waals surface area contributed by atoms with Crippen LogP contribution in [-0.4, -0.2) is 53.5 Å². The molecule has 0 atom stereocenters. The van der Waals surface area contributed by atoms with Crippen molar-refractivity contribution in [1.82, 2.24) is 14.8 Å². The van der Waals surface area contributed by atoms with Crippen LogP contribution < -0.4 is 4.74 Å². The second-order valence-corrected chi connectivity index (χ2v) is 9.29. The van der Waals surface area contributed by atoms with Crippen LogP contribution in [0.4, 0.5) is 0 Å². The van der Waals surface area contributed by atoms with Crippen LogP contribution in [0.5, 0.6) is 5.75 Å². The van der Waals surface area contributed by atoms with Gasteiger partial charge in [-0.3, -0.25) is 14.7 Å². The molecule has 0 bridgehead atoms. The van der Waals surface area contributed by atoms with E-state index in [0.29, 0.717) is 18.8 Å². The van der Waals surface area contributed by atoms with Crippen molar-refractivity contribution in [3.05, 3.63) is 68.2 Å². The zero-order valence-electron chi connectivity index (χ0n) is 16.2. The Bertz CT molecular complexity index is 1050. The fraction of sp³-hybridized carbons (Fsp3) is 0.273. The molecule has 0 spiro atoms. The normalized spacial score (nSPS) is 14.8. The number of rotatable bonds is 5. The Hall–Kier alpha value is -1.67. The average molecular weight is 554 g/mol. The molecule has 8 heteroatoms. The maximum atomic E-state index is 12.7. The highest BCUT2D eigenvalue weighted by Crippen LogP contribution is 2.37. The van der Waals surface area contributed by atoms with Gasteiger partial charge in [0.25, 0.3) is 5.91 Å². The van der Waals surface area contributed by atoms with E-state index in [1.54, 1.807) is 6.20 Å². The highest BCUT2D eigenvalue weighted by atomic mass is 79.9. The minimum absolute atomic E-state index is 0.0108. The number of ether oxygens (including phenoxy) is 1. The summed E-state index contributed by atoms with van der Waals surface area (Å²) in [7, 11) is 0. The molecule has 0 unspecified atom stereocenters.